The van der Waals surface area contributed by atoms with Gasteiger partial charge in [0.2, 0.25) is 0 Å². The zero-order valence-electron chi connectivity index (χ0n) is 14.0. The quantitative estimate of drug-likeness (QED) is 0.491. The summed E-state index contributed by atoms with van der Waals surface area (Å²) in [5, 5.41) is 7.01. The van der Waals surface area contributed by atoms with Crippen LogP contribution in [0.3, 0.4) is 0 Å². The van der Waals surface area contributed by atoms with E-state index in [4.69, 9.17) is 16.9 Å². The second-order valence-corrected chi connectivity index (χ2v) is 5.12. The predicted molar refractivity (Wildman–Crippen MR) is 103 cm³/mol. The highest BCUT2D eigenvalue weighted by Crippen LogP contribution is 1.95. The summed E-state index contributed by atoms with van der Waals surface area (Å²) in [6.07, 6.45) is 0. The number of amidine groups is 1. The molecule has 3 heteroatoms. The van der Waals surface area contributed by atoms with E-state index in [1.165, 1.54) is 11.1 Å². The van der Waals surface area contributed by atoms with Gasteiger partial charge in [0.05, 0.1) is 0 Å². The van der Waals surface area contributed by atoms with Crippen LogP contribution in [0.1, 0.15) is 16.7 Å². The van der Waals surface area contributed by atoms with Crippen LogP contribution in [0.15, 0.2) is 91.0 Å². The zero-order chi connectivity index (χ0) is 17.6. The molecule has 0 radical (unpaired) electrons. The normalized spacial score (nSPS) is 8.92. The standard InChI is InChI=1S/C7H8N2.C7H9N.C7H8/c8-7(9)6-4-2-1-3-5-6;8-6-7-4-2-1-3-5-7;1-7-5-3-2-4-6-7/h1-5H,(H3,8,9);1-5H,6,8H2;2-6H,1H3. The van der Waals surface area contributed by atoms with E-state index in [-0.39, 0.29) is 5.84 Å². The van der Waals surface area contributed by atoms with Gasteiger partial charge in [-0.2, -0.15) is 0 Å². The Morgan fingerprint density at radius 3 is 1.42 bits per heavy atom. The molecule has 3 nitrogen and oxygen atoms in total. The summed E-state index contributed by atoms with van der Waals surface area (Å²) in [5.74, 6) is 0.121. The van der Waals surface area contributed by atoms with Crippen LogP contribution in [-0.4, -0.2) is 5.84 Å². The van der Waals surface area contributed by atoms with Gasteiger partial charge in [0.1, 0.15) is 5.84 Å². The minimum Gasteiger partial charge on any atom is -0.384 e. The number of benzene rings is 3. The Kier molecular flexibility index (Phi) is 9.27. The Labute approximate surface area is 144 Å². The lowest BCUT2D eigenvalue weighted by Gasteiger charge is -1.93. The van der Waals surface area contributed by atoms with Crippen LogP contribution in [0, 0.1) is 12.3 Å². The van der Waals surface area contributed by atoms with E-state index in [0.717, 1.165) is 5.56 Å². The molecule has 0 fully saturated rings. The van der Waals surface area contributed by atoms with Crippen LogP contribution in [0.4, 0.5) is 0 Å². The molecule has 0 bridgehead atoms. The maximum absolute atomic E-state index is 7.01. The van der Waals surface area contributed by atoms with Gasteiger partial charge in [-0.1, -0.05) is 96.6 Å². The fourth-order valence-electron chi connectivity index (χ4n) is 1.77. The Bertz CT molecular complexity index is 680. The summed E-state index contributed by atoms with van der Waals surface area (Å²) in [4.78, 5) is 0. The van der Waals surface area contributed by atoms with E-state index in [9.17, 15) is 0 Å². The van der Waals surface area contributed by atoms with Crippen molar-refractivity contribution in [2.24, 2.45) is 11.5 Å². The molecule has 124 valence electrons. The molecule has 0 aromatic heterocycles. The van der Waals surface area contributed by atoms with E-state index in [1.807, 2.05) is 78.9 Å². The molecule has 0 heterocycles. The first-order chi connectivity index (χ1) is 11.6. The Morgan fingerprint density at radius 2 is 1.17 bits per heavy atom. The molecular formula is C21H25N3. The molecule has 0 aliphatic heterocycles. The molecule has 3 aromatic rings. The minimum absolute atomic E-state index is 0.121. The number of nitrogens with two attached hydrogens (primary N) is 2. The summed E-state index contributed by atoms with van der Waals surface area (Å²) < 4.78 is 0. The number of nitrogen functional groups attached to an aromatic ring is 1. The predicted octanol–water partition coefficient (Wildman–Crippen LogP) is 4.11. The largest absolute Gasteiger partial charge is 0.384 e. The lowest BCUT2D eigenvalue weighted by Crippen LogP contribution is -2.10. The molecule has 0 aliphatic carbocycles. The topological polar surface area (TPSA) is 75.9 Å². The highest BCUT2D eigenvalue weighted by molar-refractivity contribution is 5.94. The smallest absolute Gasteiger partial charge is 0.122 e. The molecule has 0 saturated heterocycles. The lowest BCUT2D eigenvalue weighted by molar-refractivity contribution is 1.07. The molecule has 3 rings (SSSR count). The van der Waals surface area contributed by atoms with Gasteiger partial charge in [0.25, 0.3) is 0 Å². The summed E-state index contributed by atoms with van der Waals surface area (Å²) in [5.41, 5.74) is 13.8. The monoisotopic (exact) mass is 319 g/mol. The molecule has 3 aromatic carbocycles. The van der Waals surface area contributed by atoms with E-state index in [0.29, 0.717) is 6.54 Å². The molecular weight excluding hydrogens is 294 g/mol. The van der Waals surface area contributed by atoms with E-state index in [2.05, 4.69) is 19.1 Å². The van der Waals surface area contributed by atoms with Crippen LogP contribution >= 0.6 is 0 Å². The van der Waals surface area contributed by atoms with Gasteiger partial charge >= 0.3 is 0 Å². The van der Waals surface area contributed by atoms with Crippen LogP contribution < -0.4 is 11.5 Å². The van der Waals surface area contributed by atoms with Crippen LogP contribution in [0.2, 0.25) is 0 Å². The Balaban J connectivity index is 0.000000181. The van der Waals surface area contributed by atoms with Crippen LogP contribution in [0.5, 0.6) is 0 Å². The zero-order valence-corrected chi connectivity index (χ0v) is 14.0. The molecule has 0 amide bonds. The number of nitrogens with one attached hydrogen (secondary N) is 1. The fourth-order valence-corrected chi connectivity index (χ4v) is 1.77. The van der Waals surface area contributed by atoms with Gasteiger partial charge in [-0.05, 0) is 12.5 Å². The van der Waals surface area contributed by atoms with Crippen molar-refractivity contribution in [1.29, 1.82) is 5.41 Å². The van der Waals surface area contributed by atoms with Crippen molar-refractivity contribution in [2.45, 2.75) is 13.5 Å². The van der Waals surface area contributed by atoms with Gasteiger partial charge in [0.15, 0.2) is 0 Å². The molecule has 5 N–H and O–H groups in total. The first-order valence-electron chi connectivity index (χ1n) is 7.78. The van der Waals surface area contributed by atoms with Gasteiger partial charge in [-0.15, -0.1) is 0 Å². The average molecular weight is 319 g/mol. The summed E-state index contributed by atoms with van der Waals surface area (Å²) in [6.45, 7) is 2.72. The van der Waals surface area contributed by atoms with Crippen molar-refractivity contribution in [3.63, 3.8) is 0 Å². The van der Waals surface area contributed by atoms with E-state index >= 15 is 0 Å². The number of aryl methyl sites for hydroxylation is 1. The van der Waals surface area contributed by atoms with Crippen LogP contribution in [0.25, 0.3) is 0 Å². The van der Waals surface area contributed by atoms with Gasteiger partial charge in [0, 0.05) is 12.1 Å². The Morgan fingerprint density at radius 1 is 0.750 bits per heavy atom. The highest BCUT2D eigenvalue weighted by atomic mass is 14.7. The van der Waals surface area contributed by atoms with Crippen molar-refractivity contribution in [3.8, 4) is 0 Å². The van der Waals surface area contributed by atoms with Crippen molar-refractivity contribution in [3.05, 3.63) is 108 Å². The summed E-state index contributed by atoms with van der Waals surface area (Å²) in [7, 11) is 0. The van der Waals surface area contributed by atoms with E-state index in [1.54, 1.807) is 0 Å². The molecule has 0 unspecified atom stereocenters. The summed E-state index contributed by atoms with van der Waals surface area (Å²) >= 11 is 0. The fraction of sp³-hybridized carbons (Fsp3) is 0.0952. The SMILES string of the molecule is Cc1ccccc1.N=C(N)c1ccccc1.NCc1ccccc1. The van der Waals surface area contributed by atoms with Gasteiger partial charge < -0.3 is 11.5 Å². The first kappa shape index (κ1) is 19.1. The summed E-state index contributed by atoms with van der Waals surface area (Å²) in [6, 6.07) is 29.5. The maximum Gasteiger partial charge on any atom is 0.122 e. The van der Waals surface area contributed by atoms with Crippen molar-refractivity contribution < 1.29 is 0 Å². The second-order valence-electron chi connectivity index (χ2n) is 5.12. The van der Waals surface area contributed by atoms with Crippen LogP contribution in [-0.2, 0) is 6.54 Å². The van der Waals surface area contributed by atoms with Crippen molar-refractivity contribution in [1.82, 2.24) is 0 Å². The van der Waals surface area contributed by atoms with Gasteiger partial charge in [-0.25, -0.2) is 0 Å². The average Bonchev–Trinajstić information content (AvgIpc) is 2.65. The maximum atomic E-state index is 7.01. The highest BCUT2D eigenvalue weighted by Gasteiger charge is 1.89. The number of hydrogen-bond acceptors (Lipinski definition) is 2. The Hall–Kier alpha value is -2.91. The minimum atomic E-state index is 0.121. The number of rotatable bonds is 2. The number of hydrogen-bond donors (Lipinski definition) is 3. The van der Waals surface area contributed by atoms with Crippen molar-refractivity contribution in [2.75, 3.05) is 0 Å². The molecule has 0 saturated carbocycles. The molecule has 0 atom stereocenters. The first-order valence-corrected chi connectivity index (χ1v) is 7.78. The van der Waals surface area contributed by atoms with Crippen molar-refractivity contribution >= 4 is 5.84 Å². The van der Waals surface area contributed by atoms with E-state index < -0.39 is 0 Å². The third-order valence-electron chi connectivity index (χ3n) is 3.10. The molecule has 0 spiro atoms. The lowest BCUT2D eigenvalue weighted by atomic mass is 10.2. The molecule has 0 aliphatic rings. The third-order valence-corrected chi connectivity index (χ3v) is 3.10. The third kappa shape index (κ3) is 8.51. The van der Waals surface area contributed by atoms with Gasteiger partial charge in [-0.3, -0.25) is 5.41 Å². The second kappa shape index (κ2) is 11.6. The molecule has 24 heavy (non-hydrogen) atoms.